The van der Waals surface area contributed by atoms with Gasteiger partial charge in [0.1, 0.15) is 20.9 Å². The van der Waals surface area contributed by atoms with E-state index < -0.39 is 17.4 Å². The third-order valence-electron chi connectivity index (χ3n) is 4.24. The number of aromatic nitrogens is 1. The summed E-state index contributed by atoms with van der Waals surface area (Å²) in [7, 11) is 0. The topological polar surface area (TPSA) is 136 Å². The van der Waals surface area contributed by atoms with Crippen LogP contribution in [-0.4, -0.2) is 33.6 Å². The van der Waals surface area contributed by atoms with Crippen LogP contribution in [0.25, 0.3) is 11.5 Å². The number of hydrogen-bond donors (Lipinski definition) is 4. The zero-order chi connectivity index (χ0) is 25.3. The van der Waals surface area contributed by atoms with E-state index >= 15 is 0 Å². The van der Waals surface area contributed by atoms with Gasteiger partial charge in [0.25, 0.3) is 17.4 Å². The number of nitriles is 1. The van der Waals surface area contributed by atoms with Gasteiger partial charge in [-0.2, -0.15) is 5.26 Å². The molecule has 10 heteroatoms. The van der Waals surface area contributed by atoms with Crippen LogP contribution in [0.15, 0.2) is 40.8 Å². The molecule has 2 amide bonds. The first kappa shape index (κ1) is 26.0. The minimum atomic E-state index is -1.52. The smallest absolute Gasteiger partial charge is 0.277 e. The number of nitrogens with one attached hydrogen (secondary N) is 3. The second kappa shape index (κ2) is 11.5. The maximum Gasteiger partial charge on any atom is 0.277 e. The zero-order valence-electron chi connectivity index (χ0n) is 18.9. The van der Waals surface area contributed by atoms with Crippen LogP contribution in [0.4, 0.5) is 11.4 Å². The quantitative estimate of drug-likeness (QED) is 0.256. The van der Waals surface area contributed by atoms with E-state index in [9.17, 15) is 24.8 Å². The van der Waals surface area contributed by atoms with Gasteiger partial charge in [0, 0.05) is 24.1 Å². The number of thiazole rings is 1. The number of aliphatic hydroxyl groups is 1. The molecular weight excluding hydrogens is 454 g/mol. The van der Waals surface area contributed by atoms with Gasteiger partial charge >= 0.3 is 0 Å². The van der Waals surface area contributed by atoms with E-state index in [2.05, 4.69) is 33.3 Å². The Balaban J connectivity index is 2.42. The first-order valence-electron chi connectivity index (χ1n) is 10.1. The lowest BCUT2D eigenvalue weighted by atomic mass is 10.1. The number of terminal acetylenes is 1. The lowest BCUT2D eigenvalue weighted by Gasteiger charge is -2.16. The van der Waals surface area contributed by atoms with Gasteiger partial charge in [0.05, 0.1) is 6.54 Å². The van der Waals surface area contributed by atoms with E-state index in [0.717, 1.165) is 11.3 Å². The van der Waals surface area contributed by atoms with Gasteiger partial charge in [-0.3, -0.25) is 19.0 Å². The maximum absolute atomic E-state index is 12.7. The summed E-state index contributed by atoms with van der Waals surface area (Å²) in [5, 5.41) is 27.0. The van der Waals surface area contributed by atoms with Gasteiger partial charge in [-0.1, -0.05) is 34.8 Å². The van der Waals surface area contributed by atoms with Crippen LogP contribution >= 0.6 is 11.3 Å². The molecule has 0 fully saturated rings. The number of benzene rings is 1. The van der Waals surface area contributed by atoms with Gasteiger partial charge in [0.2, 0.25) is 0 Å². The molecule has 0 aliphatic heterocycles. The van der Waals surface area contributed by atoms with Gasteiger partial charge in [-0.05, 0) is 39.0 Å². The van der Waals surface area contributed by atoms with Gasteiger partial charge in [-0.15, -0.1) is 6.42 Å². The Labute approximate surface area is 200 Å². The lowest BCUT2D eigenvalue weighted by Crippen LogP contribution is -2.36. The minimum absolute atomic E-state index is 0.0349. The molecule has 1 aromatic heterocycles. The summed E-state index contributed by atoms with van der Waals surface area (Å²) < 4.78 is 1.91. The Kier molecular flexibility index (Phi) is 8.80. The predicted molar refractivity (Wildman–Crippen MR) is 131 cm³/mol. The highest BCUT2D eigenvalue weighted by Crippen LogP contribution is 2.16. The highest BCUT2D eigenvalue weighted by Gasteiger charge is 2.23. The van der Waals surface area contributed by atoms with Crippen LogP contribution in [0.1, 0.15) is 20.8 Å². The van der Waals surface area contributed by atoms with Crippen LogP contribution in [0.3, 0.4) is 0 Å². The van der Waals surface area contributed by atoms with Crippen molar-refractivity contribution in [1.82, 2.24) is 9.88 Å². The summed E-state index contributed by atoms with van der Waals surface area (Å²) in [4.78, 5) is 36.6. The summed E-state index contributed by atoms with van der Waals surface area (Å²) in [5.74, 6) is 1.02. The number of rotatable bonds is 7. The van der Waals surface area contributed by atoms with Crippen LogP contribution in [0.5, 0.6) is 0 Å². The van der Waals surface area contributed by atoms with Crippen LogP contribution in [-0.2, 0) is 16.1 Å². The third-order valence-corrected chi connectivity index (χ3v) is 5.25. The van der Waals surface area contributed by atoms with Crippen molar-refractivity contribution in [2.75, 3.05) is 17.2 Å². The van der Waals surface area contributed by atoms with Crippen molar-refractivity contribution in [3.63, 3.8) is 0 Å². The standard InChI is InChI=1S/C24H23N5O4S/c1-5-11-27-21(30)16(15-25)13-20-29(6-2)22(31)19(34-20)10-12-26-17-8-7-9-18(14-17)28-23(32)24(3,4)33/h1,7-9,12,14,26,33H,6,11H2,2-4H3,(H,27,30)(H,28,32). The Morgan fingerprint density at radius 2 is 2.03 bits per heavy atom. The average molecular weight is 478 g/mol. The third kappa shape index (κ3) is 6.85. The first-order valence-corrected chi connectivity index (χ1v) is 10.9. The van der Waals surface area contributed by atoms with E-state index in [0.29, 0.717) is 22.6 Å². The molecule has 0 unspecified atom stereocenters. The Morgan fingerprint density at radius 3 is 2.65 bits per heavy atom. The van der Waals surface area contributed by atoms with Crippen molar-refractivity contribution in [2.45, 2.75) is 32.9 Å². The summed E-state index contributed by atoms with van der Waals surface area (Å²) in [6.45, 7) is 4.79. The molecule has 4 N–H and O–H groups in total. The average Bonchev–Trinajstić information content (AvgIpc) is 3.09. The van der Waals surface area contributed by atoms with Crippen molar-refractivity contribution in [2.24, 2.45) is 0 Å². The van der Waals surface area contributed by atoms with E-state index in [1.807, 2.05) is 0 Å². The second-order valence-electron chi connectivity index (χ2n) is 7.31. The largest absolute Gasteiger partial charge is 0.381 e. The molecule has 0 saturated carbocycles. The molecule has 34 heavy (non-hydrogen) atoms. The highest BCUT2D eigenvalue weighted by atomic mass is 32.1. The Bertz CT molecular complexity index is 1430. The molecule has 174 valence electrons. The van der Waals surface area contributed by atoms with E-state index in [1.54, 1.807) is 37.3 Å². The van der Waals surface area contributed by atoms with Gasteiger partial charge < -0.3 is 21.1 Å². The summed E-state index contributed by atoms with van der Waals surface area (Å²) in [6, 6.07) is 8.53. The van der Waals surface area contributed by atoms with E-state index in [4.69, 9.17) is 6.42 Å². The molecule has 9 nitrogen and oxygen atoms in total. The molecular formula is C24H23N5O4S. The number of carbonyl (C=O) groups excluding carboxylic acids is 2. The molecule has 2 aromatic rings. The fourth-order valence-corrected chi connectivity index (χ4v) is 3.48. The number of carbonyl (C=O) groups is 2. The van der Waals surface area contributed by atoms with Gasteiger partial charge in [0.15, 0.2) is 5.57 Å². The van der Waals surface area contributed by atoms with Gasteiger partial charge in [-0.25, -0.2) is 0 Å². The molecule has 1 heterocycles. The maximum atomic E-state index is 12.7. The second-order valence-corrected chi connectivity index (χ2v) is 8.31. The molecule has 0 spiro atoms. The minimum Gasteiger partial charge on any atom is -0.381 e. The fourth-order valence-electron chi connectivity index (χ4n) is 2.50. The van der Waals surface area contributed by atoms with Crippen molar-refractivity contribution in [1.29, 1.82) is 5.26 Å². The molecule has 2 rings (SSSR count). The first-order chi connectivity index (χ1) is 16.1. The normalized spacial score (nSPS) is 10.1. The highest BCUT2D eigenvalue weighted by molar-refractivity contribution is 7.07. The SMILES string of the molecule is C#CCNC(=O)C(=C=c1sc(=C=CNc2cccc(NC(=O)C(C)(C)O)c2)c(=O)n1CC)C#N. The predicted octanol–water partition coefficient (Wildman–Crippen LogP) is 0.223. The fraction of sp³-hybridized carbons (Fsp3) is 0.250. The number of anilines is 2. The Morgan fingerprint density at radius 1 is 1.32 bits per heavy atom. The monoisotopic (exact) mass is 477 g/mol. The van der Waals surface area contributed by atoms with Crippen molar-refractivity contribution >= 4 is 46.0 Å². The number of nitrogens with zero attached hydrogens (tertiary/aromatic N) is 2. The molecule has 0 radical (unpaired) electrons. The van der Waals surface area contributed by atoms with Crippen molar-refractivity contribution in [3.05, 3.63) is 55.6 Å². The molecule has 0 aliphatic carbocycles. The molecule has 0 saturated heterocycles. The number of hydrogen-bond acceptors (Lipinski definition) is 7. The lowest BCUT2D eigenvalue weighted by molar-refractivity contribution is -0.130. The Hall–Kier alpha value is -4.30. The van der Waals surface area contributed by atoms with Crippen LogP contribution in [0, 0.1) is 23.7 Å². The van der Waals surface area contributed by atoms with Crippen molar-refractivity contribution < 1.29 is 14.7 Å². The van der Waals surface area contributed by atoms with Crippen LogP contribution < -0.4 is 30.7 Å². The van der Waals surface area contributed by atoms with Crippen LogP contribution in [0.2, 0.25) is 0 Å². The molecule has 0 aliphatic rings. The molecule has 1 aromatic carbocycles. The molecule has 0 bridgehead atoms. The van der Waals surface area contributed by atoms with E-state index in [1.165, 1.54) is 24.6 Å². The summed E-state index contributed by atoms with van der Waals surface area (Å²) in [5.41, 5.74) is 4.47. The van der Waals surface area contributed by atoms with Crippen molar-refractivity contribution in [3.8, 4) is 18.4 Å². The van der Waals surface area contributed by atoms with E-state index in [-0.39, 0.29) is 22.2 Å². The molecule has 0 atom stereocenters. The zero-order valence-corrected chi connectivity index (χ0v) is 19.7. The number of amides is 2. The summed E-state index contributed by atoms with van der Waals surface area (Å²) in [6.07, 6.45) is 6.54. The summed E-state index contributed by atoms with van der Waals surface area (Å²) >= 11 is 1.03.